The molecule has 0 bridgehead atoms. The molecule has 5 heteroatoms. The van der Waals surface area contributed by atoms with Gasteiger partial charge < -0.3 is 9.64 Å². The van der Waals surface area contributed by atoms with E-state index in [1.54, 1.807) is 4.90 Å². The molecule has 1 aromatic carbocycles. The molecule has 2 aliphatic heterocycles. The van der Waals surface area contributed by atoms with Crippen molar-refractivity contribution in [2.45, 2.75) is 31.7 Å². The molecule has 5 nitrogen and oxygen atoms in total. The van der Waals surface area contributed by atoms with Crippen molar-refractivity contribution in [2.24, 2.45) is 0 Å². The van der Waals surface area contributed by atoms with Gasteiger partial charge in [0.2, 0.25) is 0 Å². The molecule has 2 heterocycles. The molecule has 0 aliphatic carbocycles. The lowest BCUT2D eigenvalue weighted by molar-refractivity contribution is -0.126. The third-order valence-corrected chi connectivity index (χ3v) is 4.44. The van der Waals surface area contributed by atoms with Crippen molar-refractivity contribution in [1.82, 2.24) is 10.2 Å². The largest absolute Gasteiger partial charge is 0.493 e. The molecule has 0 aromatic heterocycles. The highest BCUT2D eigenvalue weighted by atomic mass is 16.5. The van der Waals surface area contributed by atoms with Gasteiger partial charge in [-0.1, -0.05) is 25.1 Å². The van der Waals surface area contributed by atoms with Crippen LogP contribution in [0.5, 0.6) is 5.75 Å². The standard InChI is InChI=1S/C15H18N2O3/c1-3-15(2)13(18)16-14(19)17(15)8-10-9-20-12-7-5-4-6-11(10)12/h4-7,10H,3,8-9H2,1-2H3,(H,16,18,19). The number of carbonyl (C=O) groups is 2. The molecule has 2 atom stereocenters. The minimum absolute atomic E-state index is 0.119. The van der Waals surface area contributed by atoms with E-state index in [9.17, 15) is 9.59 Å². The highest BCUT2D eigenvalue weighted by Crippen LogP contribution is 2.36. The molecule has 1 fully saturated rings. The first-order valence-electron chi connectivity index (χ1n) is 6.91. The van der Waals surface area contributed by atoms with Crippen molar-refractivity contribution in [1.29, 1.82) is 0 Å². The van der Waals surface area contributed by atoms with Gasteiger partial charge in [0, 0.05) is 18.0 Å². The lowest BCUT2D eigenvalue weighted by Crippen LogP contribution is -2.48. The normalized spacial score (nSPS) is 28.3. The SMILES string of the molecule is CCC1(C)C(=O)NC(=O)N1CC1COc2ccccc21. The van der Waals surface area contributed by atoms with E-state index in [0.717, 1.165) is 11.3 Å². The van der Waals surface area contributed by atoms with E-state index in [1.165, 1.54) is 0 Å². The van der Waals surface area contributed by atoms with Crippen LogP contribution in [0, 0.1) is 0 Å². The maximum atomic E-state index is 12.0. The second kappa shape index (κ2) is 4.51. The number of hydrogen-bond donors (Lipinski definition) is 1. The Balaban J connectivity index is 1.85. The first-order valence-corrected chi connectivity index (χ1v) is 6.91. The number of nitrogens with one attached hydrogen (secondary N) is 1. The zero-order chi connectivity index (χ0) is 14.3. The van der Waals surface area contributed by atoms with Crippen LogP contribution in [-0.4, -0.2) is 35.5 Å². The van der Waals surface area contributed by atoms with Crippen molar-refractivity contribution < 1.29 is 14.3 Å². The van der Waals surface area contributed by atoms with Crippen LogP contribution in [0.15, 0.2) is 24.3 Å². The summed E-state index contributed by atoms with van der Waals surface area (Å²) in [5, 5.41) is 2.41. The number of imide groups is 1. The first-order chi connectivity index (χ1) is 9.56. The van der Waals surface area contributed by atoms with Crippen LogP contribution in [0.3, 0.4) is 0 Å². The molecule has 0 saturated carbocycles. The maximum Gasteiger partial charge on any atom is 0.325 e. The Labute approximate surface area is 117 Å². The van der Waals surface area contributed by atoms with Crippen LogP contribution in [-0.2, 0) is 4.79 Å². The van der Waals surface area contributed by atoms with Crippen LogP contribution < -0.4 is 10.1 Å². The molecule has 3 amide bonds. The molecule has 0 spiro atoms. The Kier molecular flexibility index (Phi) is 2.92. The van der Waals surface area contributed by atoms with Crippen molar-refractivity contribution in [2.75, 3.05) is 13.2 Å². The van der Waals surface area contributed by atoms with Gasteiger partial charge in [-0.3, -0.25) is 10.1 Å². The molecule has 2 aliphatic rings. The highest BCUT2D eigenvalue weighted by Gasteiger charge is 2.49. The van der Waals surface area contributed by atoms with E-state index in [4.69, 9.17) is 4.74 Å². The van der Waals surface area contributed by atoms with E-state index in [1.807, 2.05) is 38.1 Å². The summed E-state index contributed by atoms with van der Waals surface area (Å²) in [6, 6.07) is 7.55. The van der Waals surface area contributed by atoms with E-state index >= 15 is 0 Å². The molecule has 0 radical (unpaired) electrons. The number of ether oxygens (including phenoxy) is 1. The second-order valence-electron chi connectivity index (χ2n) is 5.54. The third-order valence-electron chi connectivity index (χ3n) is 4.44. The number of carbonyl (C=O) groups excluding carboxylic acids is 2. The number of rotatable bonds is 3. The molecule has 2 unspecified atom stereocenters. The predicted octanol–water partition coefficient (Wildman–Crippen LogP) is 1.88. The van der Waals surface area contributed by atoms with Crippen molar-refractivity contribution in [3.63, 3.8) is 0 Å². The zero-order valence-corrected chi connectivity index (χ0v) is 11.7. The van der Waals surface area contributed by atoms with Gasteiger partial charge in [-0.15, -0.1) is 0 Å². The molecule has 1 saturated heterocycles. The van der Waals surface area contributed by atoms with E-state index in [-0.39, 0.29) is 17.9 Å². The summed E-state index contributed by atoms with van der Waals surface area (Å²) in [6.07, 6.45) is 0.597. The Hall–Kier alpha value is -2.04. The second-order valence-corrected chi connectivity index (χ2v) is 5.54. The summed E-state index contributed by atoms with van der Waals surface area (Å²) in [7, 11) is 0. The fourth-order valence-electron chi connectivity index (χ4n) is 2.88. The number of hydrogen-bond acceptors (Lipinski definition) is 3. The average Bonchev–Trinajstić information content (AvgIpc) is 2.95. The molecular weight excluding hydrogens is 256 g/mol. The van der Waals surface area contributed by atoms with E-state index in [2.05, 4.69) is 5.32 Å². The quantitative estimate of drug-likeness (QED) is 0.856. The molecule has 106 valence electrons. The Morgan fingerprint density at radius 3 is 2.90 bits per heavy atom. The smallest absolute Gasteiger partial charge is 0.325 e. The Morgan fingerprint density at radius 2 is 2.15 bits per heavy atom. The zero-order valence-electron chi connectivity index (χ0n) is 11.7. The minimum Gasteiger partial charge on any atom is -0.493 e. The fraction of sp³-hybridized carbons (Fsp3) is 0.467. The third kappa shape index (κ3) is 1.77. The number of amides is 3. The molecule has 3 rings (SSSR count). The summed E-state index contributed by atoms with van der Waals surface area (Å²) in [6.45, 7) is 4.79. The summed E-state index contributed by atoms with van der Waals surface area (Å²) in [5.41, 5.74) is 0.354. The van der Waals surface area contributed by atoms with E-state index < -0.39 is 5.54 Å². The summed E-state index contributed by atoms with van der Waals surface area (Å²) in [5.74, 6) is 0.785. The van der Waals surface area contributed by atoms with Crippen LogP contribution in [0.2, 0.25) is 0 Å². The summed E-state index contributed by atoms with van der Waals surface area (Å²) in [4.78, 5) is 25.6. The van der Waals surface area contributed by atoms with Crippen LogP contribution in [0.4, 0.5) is 4.79 Å². The van der Waals surface area contributed by atoms with Crippen molar-refractivity contribution in [3.05, 3.63) is 29.8 Å². The van der Waals surface area contributed by atoms with Gasteiger partial charge in [0.25, 0.3) is 5.91 Å². The minimum atomic E-state index is -0.755. The lowest BCUT2D eigenvalue weighted by Gasteiger charge is -2.32. The van der Waals surface area contributed by atoms with Gasteiger partial charge in [0.05, 0.1) is 6.61 Å². The Morgan fingerprint density at radius 1 is 1.40 bits per heavy atom. The molecular formula is C15H18N2O3. The fourth-order valence-corrected chi connectivity index (χ4v) is 2.88. The number of nitrogens with zero attached hydrogens (tertiary/aromatic N) is 1. The maximum absolute atomic E-state index is 12.0. The first kappa shape index (κ1) is 13.0. The van der Waals surface area contributed by atoms with Crippen LogP contribution in [0.25, 0.3) is 0 Å². The van der Waals surface area contributed by atoms with Gasteiger partial charge in [-0.25, -0.2) is 4.79 Å². The number of benzene rings is 1. The van der Waals surface area contributed by atoms with Crippen molar-refractivity contribution in [3.8, 4) is 5.75 Å². The van der Waals surface area contributed by atoms with E-state index in [0.29, 0.717) is 19.6 Å². The number of fused-ring (bicyclic) bond motifs is 1. The van der Waals surface area contributed by atoms with Crippen LogP contribution in [0.1, 0.15) is 31.7 Å². The average molecular weight is 274 g/mol. The molecule has 1 aromatic rings. The highest BCUT2D eigenvalue weighted by molar-refractivity contribution is 6.06. The summed E-state index contributed by atoms with van der Waals surface area (Å²) >= 11 is 0. The van der Waals surface area contributed by atoms with Crippen molar-refractivity contribution >= 4 is 11.9 Å². The van der Waals surface area contributed by atoms with Gasteiger partial charge in [-0.2, -0.15) is 0 Å². The topological polar surface area (TPSA) is 58.6 Å². The predicted molar refractivity (Wildman–Crippen MR) is 73.6 cm³/mol. The van der Waals surface area contributed by atoms with Gasteiger partial charge >= 0.3 is 6.03 Å². The molecule has 1 N–H and O–H groups in total. The Bertz CT molecular complexity index is 572. The monoisotopic (exact) mass is 274 g/mol. The number of urea groups is 1. The number of para-hydroxylation sites is 1. The molecule has 20 heavy (non-hydrogen) atoms. The summed E-state index contributed by atoms with van der Waals surface area (Å²) < 4.78 is 5.64. The lowest BCUT2D eigenvalue weighted by atomic mass is 9.94. The van der Waals surface area contributed by atoms with Gasteiger partial charge in [0.1, 0.15) is 11.3 Å². The van der Waals surface area contributed by atoms with Gasteiger partial charge in [-0.05, 0) is 19.4 Å². The van der Waals surface area contributed by atoms with Crippen LogP contribution >= 0.6 is 0 Å². The van der Waals surface area contributed by atoms with Gasteiger partial charge in [0.15, 0.2) is 0 Å².